The first-order valence-corrected chi connectivity index (χ1v) is 7.76. The fourth-order valence-electron chi connectivity index (χ4n) is 3.24. The number of amides is 1. The van der Waals surface area contributed by atoms with E-state index in [-0.39, 0.29) is 17.6 Å². The van der Waals surface area contributed by atoms with Gasteiger partial charge in [0.2, 0.25) is 5.91 Å². The van der Waals surface area contributed by atoms with Gasteiger partial charge in [0.05, 0.1) is 12.2 Å². The molecule has 0 N–H and O–H groups in total. The van der Waals surface area contributed by atoms with Crippen molar-refractivity contribution in [1.29, 1.82) is 0 Å². The minimum Gasteiger partial charge on any atom is -0.490 e. The summed E-state index contributed by atoms with van der Waals surface area (Å²) in [6.45, 7) is 2.63. The molecule has 2 aliphatic rings. The fraction of sp³-hybridized carbons (Fsp3) is 0.529. The lowest BCUT2D eigenvalue weighted by molar-refractivity contribution is -0.123. The van der Waals surface area contributed by atoms with Crippen molar-refractivity contribution >= 4 is 17.4 Å². The second-order valence-corrected chi connectivity index (χ2v) is 5.91. The van der Waals surface area contributed by atoms with Crippen LogP contribution in [0.1, 0.15) is 49.4 Å². The predicted octanol–water partition coefficient (Wildman–Crippen LogP) is 3.19. The van der Waals surface area contributed by atoms with Crippen LogP contribution in [0.4, 0.5) is 5.69 Å². The highest BCUT2D eigenvalue weighted by molar-refractivity contribution is 6.00. The molecule has 1 heterocycles. The monoisotopic (exact) mass is 287 g/mol. The molecule has 0 unspecified atom stereocenters. The molecule has 1 aliphatic heterocycles. The maximum Gasteiger partial charge on any atom is 0.230 e. The summed E-state index contributed by atoms with van der Waals surface area (Å²) in [4.78, 5) is 26.2. The third kappa shape index (κ3) is 2.80. The van der Waals surface area contributed by atoms with Crippen LogP contribution in [0.5, 0.6) is 5.75 Å². The molecule has 0 radical (unpaired) electrons. The van der Waals surface area contributed by atoms with E-state index in [0.717, 1.165) is 31.4 Å². The largest absolute Gasteiger partial charge is 0.490 e. The molecule has 3 rings (SSSR count). The molecule has 21 heavy (non-hydrogen) atoms. The topological polar surface area (TPSA) is 46.6 Å². The third-order valence-corrected chi connectivity index (χ3v) is 4.45. The Kier molecular flexibility index (Phi) is 3.95. The highest BCUT2D eigenvalue weighted by Gasteiger charge is 2.30. The van der Waals surface area contributed by atoms with E-state index in [4.69, 9.17) is 4.74 Å². The van der Waals surface area contributed by atoms with Gasteiger partial charge in [-0.3, -0.25) is 9.59 Å². The van der Waals surface area contributed by atoms with Crippen molar-refractivity contribution in [3.8, 4) is 5.75 Å². The Labute approximate surface area is 125 Å². The lowest BCUT2D eigenvalue weighted by atomic mass is 9.88. The van der Waals surface area contributed by atoms with E-state index in [2.05, 4.69) is 0 Å². The van der Waals surface area contributed by atoms with Crippen molar-refractivity contribution in [2.24, 2.45) is 5.92 Å². The number of ketones is 1. The molecule has 1 aromatic rings. The number of benzene rings is 1. The Morgan fingerprint density at radius 2 is 1.95 bits per heavy atom. The standard InChI is InChI=1S/C17H21NO3/c1-12(19)14-7-8-16-15(11-14)18(9-10-21-16)17(20)13-5-3-2-4-6-13/h7-8,11,13H,2-6,9-10H2,1H3. The number of ether oxygens (including phenoxy) is 1. The summed E-state index contributed by atoms with van der Waals surface area (Å²) >= 11 is 0. The predicted molar refractivity (Wildman–Crippen MR) is 80.9 cm³/mol. The van der Waals surface area contributed by atoms with Gasteiger partial charge >= 0.3 is 0 Å². The van der Waals surface area contributed by atoms with Gasteiger partial charge in [-0.1, -0.05) is 19.3 Å². The highest BCUT2D eigenvalue weighted by atomic mass is 16.5. The quantitative estimate of drug-likeness (QED) is 0.785. The summed E-state index contributed by atoms with van der Waals surface area (Å²) in [5, 5.41) is 0. The number of hydrogen-bond donors (Lipinski definition) is 0. The molecule has 112 valence electrons. The van der Waals surface area contributed by atoms with Gasteiger partial charge in [0.1, 0.15) is 12.4 Å². The summed E-state index contributed by atoms with van der Waals surface area (Å²) in [7, 11) is 0. The molecule has 4 heteroatoms. The Morgan fingerprint density at radius 1 is 1.19 bits per heavy atom. The SMILES string of the molecule is CC(=O)c1ccc2c(c1)N(C(=O)C1CCCCC1)CCO2. The average Bonchev–Trinajstić information content (AvgIpc) is 2.54. The van der Waals surface area contributed by atoms with Crippen LogP contribution in [0.25, 0.3) is 0 Å². The molecule has 0 saturated heterocycles. The van der Waals surface area contributed by atoms with Crippen molar-refractivity contribution < 1.29 is 14.3 Å². The van der Waals surface area contributed by atoms with E-state index in [1.54, 1.807) is 25.1 Å². The molecule has 1 aliphatic carbocycles. The van der Waals surface area contributed by atoms with Crippen LogP contribution in [-0.4, -0.2) is 24.8 Å². The van der Waals surface area contributed by atoms with Crippen molar-refractivity contribution in [3.05, 3.63) is 23.8 Å². The molecule has 1 amide bonds. The molecule has 1 aromatic carbocycles. The lowest BCUT2D eigenvalue weighted by Crippen LogP contribution is -2.42. The van der Waals surface area contributed by atoms with Crippen molar-refractivity contribution in [3.63, 3.8) is 0 Å². The van der Waals surface area contributed by atoms with Crippen LogP contribution in [0.15, 0.2) is 18.2 Å². The molecule has 1 fully saturated rings. The molecular weight excluding hydrogens is 266 g/mol. The first kappa shape index (κ1) is 14.1. The van der Waals surface area contributed by atoms with Gasteiger partial charge in [-0.2, -0.15) is 0 Å². The maximum absolute atomic E-state index is 12.8. The van der Waals surface area contributed by atoms with Crippen LogP contribution in [-0.2, 0) is 4.79 Å². The Balaban J connectivity index is 1.89. The van der Waals surface area contributed by atoms with E-state index in [0.29, 0.717) is 24.5 Å². The van der Waals surface area contributed by atoms with Gasteiger partial charge < -0.3 is 9.64 Å². The van der Waals surface area contributed by atoms with Crippen LogP contribution >= 0.6 is 0 Å². The van der Waals surface area contributed by atoms with E-state index in [1.165, 1.54) is 6.42 Å². The average molecular weight is 287 g/mol. The van der Waals surface area contributed by atoms with Gasteiger partial charge in [-0.25, -0.2) is 0 Å². The Morgan fingerprint density at radius 3 is 2.67 bits per heavy atom. The minimum absolute atomic E-state index is 0.00781. The molecule has 4 nitrogen and oxygen atoms in total. The highest BCUT2D eigenvalue weighted by Crippen LogP contribution is 2.35. The minimum atomic E-state index is 0.00781. The Bertz CT molecular complexity index is 561. The molecular formula is C17H21NO3. The summed E-state index contributed by atoms with van der Waals surface area (Å²) in [6.07, 6.45) is 5.48. The number of hydrogen-bond acceptors (Lipinski definition) is 3. The summed E-state index contributed by atoms with van der Waals surface area (Å²) in [6, 6.07) is 5.35. The first-order chi connectivity index (χ1) is 10.2. The number of carbonyl (C=O) groups excluding carboxylic acids is 2. The normalized spacial score (nSPS) is 18.8. The molecule has 0 bridgehead atoms. The number of carbonyl (C=O) groups is 2. The van der Waals surface area contributed by atoms with E-state index >= 15 is 0 Å². The van der Waals surface area contributed by atoms with Crippen LogP contribution in [0.3, 0.4) is 0 Å². The fourth-order valence-corrected chi connectivity index (χ4v) is 3.24. The lowest BCUT2D eigenvalue weighted by Gasteiger charge is -2.33. The van der Waals surface area contributed by atoms with Crippen molar-refractivity contribution in [1.82, 2.24) is 0 Å². The molecule has 0 atom stereocenters. The van der Waals surface area contributed by atoms with Gasteiger partial charge in [-0.05, 0) is 38.0 Å². The van der Waals surface area contributed by atoms with Crippen LogP contribution < -0.4 is 9.64 Å². The third-order valence-electron chi connectivity index (χ3n) is 4.45. The molecule has 0 aromatic heterocycles. The second-order valence-electron chi connectivity index (χ2n) is 5.91. The number of Topliss-reactive ketones (excluding diaryl/α,β-unsaturated/α-hetero) is 1. The number of nitrogens with zero attached hydrogens (tertiary/aromatic N) is 1. The number of fused-ring (bicyclic) bond motifs is 1. The van der Waals surface area contributed by atoms with E-state index < -0.39 is 0 Å². The first-order valence-electron chi connectivity index (χ1n) is 7.76. The van der Waals surface area contributed by atoms with E-state index in [9.17, 15) is 9.59 Å². The van der Waals surface area contributed by atoms with Gasteiger partial charge in [0.25, 0.3) is 0 Å². The number of rotatable bonds is 2. The van der Waals surface area contributed by atoms with Gasteiger partial charge in [0.15, 0.2) is 5.78 Å². The van der Waals surface area contributed by atoms with Gasteiger partial charge in [0, 0.05) is 11.5 Å². The molecule has 1 saturated carbocycles. The smallest absolute Gasteiger partial charge is 0.230 e. The van der Waals surface area contributed by atoms with Crippen LogP contribution in [0, 0.1) is 5.92 Å². The summed E-state index contributed by atoms with van der Waals surface area (Å²) in [5.41, 5.74) is 1.38. The van der Waals surface area contributed by atoms with Crippen LogP contribution in [0.2, 0.25) is 0 Å². The Hall–Kier alpha value is -1.84. The zero-order chi connectivity index (χ0) is 14.8. The van der Waals surface area contributed by atoms with Gasteiger partial charge in [-0.15, -0.1) is 0 Å². The number of anilines is 1. The van der Waals surface area contributed by atoms with E-state index in [1.807, 2.05) is 4.90 Å². The van der Waals surface area contributed by atoms with Crippen molar-refractivity contribution in [2.75, 3.05) is 18.1 Å². The zero-order valence-corrected chi connectivity index (χ0v) is 12.4. The summed E-state index contributed by atoms with van der Waals surface area (Å²) in [5.74, 6) is 1.04. The second kappa shape index (κ2) is 5.88. The molecule has 0 spiro atoms. The summed E-state index contributed by atoms with van der Waals surface area (Å²) < 4.78 is 5.62. The van der Waals surface area contributed by atoms with Crippen molar-refractivity contribution in [2.45, 2.75) is 39.0 Å². The zero-order valence-electron chi connectivity index (χ0n) is 12.4. The maximum atomic E-state index is 12.8.